The highest BCUT2D eigenvalue weighted by molar-refractivity contribution is 5.89. The summed E-state index contributed by atoms with van der Waals surface area (Å²) in [6.45, 7) is 3.93. The van der Waals surface area contributed by atoms with Gasteiger partial charge in [-0.1, -0.05) is 12.8 Å². The predicted molar refractivity (Wildman–Crippen MR) is 134 cm³/mol. The van der Waals surface area contributed by atoms with Crippen LogP contribution in [0.5, 0.6) is 0 Å². The van der Waals surface area contributed by atoms with E-state index in [0.717, 1.165) is 6.42 Å². The molecular formula is C26H31F6N5O5. The number of pyridine rings is 1. The molecule has 2 amide bonds. The van der Waals surface area contributed by atoms with Crippen LogP contribution < -0.4 is 5.32 Å². The lowest BCUT2D eigenvalue weighted by atomic mass is 9.84. The van der Waals surface area contributed by atoms with Crippen LogP contribution in [0.15, 0.2) is 10.5 Å². The maximum Gasteiger partial charge on any atom is 0.426 e. The summed E-state index contributed by atoms with van der Waals surface area (Å²) in [7, 11) is 0. The van der Waals surface area contributed by atoms with Crippen LogP contribution in [0.3, 0.4) is 0 Å². The van der Waals surface area contributed by atoms with Crippen molar-refractivity contribution in [3.05, 3.63) is 23.2 Å². The zero-order valence-electron chi connectivity index (χ0n) is 23.2. The van der Waals surface area contributed by atoms with Crippen LogP contribution >= 0.6 is 0 Å². The van der Waals surface area contributed by atoms with Gasteiger partial charge < -0.3 is 19.2 Å². The molecule has 1 unspecified atom stereocenters. The second-order valence-corrected chi connectivity index (χ2v) is 11.5. The first-order chi connectivity index (χ1) is 19.4. The van der Waals surface area contributed by atoms with Crippen LogP contribution in [-0.2, 0) is 27.9 Å². The number of nitrogens with one attached hydrogen (secondary N) is 1. The van der Waals surface area contributed by atoms with E-state index in [1.807, 2.05) is 0 Å². The highest BCUT2D eigenvalue weighted by Crippen LogP contribution is 2.44. The van der Waals surface area contributed by atoms with Crippen molar-refractivity contribution in [1.29, 1.82) is 0 Å². The number of rotatable bonds is 2. The summed E-state index contributed by atoms with van der Waals surface area (Å²) in [5.74, 6) is -2.77. The van der Waals surface area contributed by atoms with Gasteiger partial charge in [-0.15, -0.1) is 10.2 Å². The smallest absolute Gasteiger partial charge is 0.426 e. The Hall–Kier alpha value is -3.43. The molecule has 4 bridgehead atoms. The van der Waals surface area contributed by atoms with Crippen LogP contribution in [0.1, 0.15) is 82.9 Å². The van der Waals surface area contributed by atoms with E-state index in [4.69, 9.17) is 9.15 Å². The van der Waals surface area contributed by atoms with Crippen LogP contribution in [-0.4, -0.2) is 55.5 Å². The third-order valence-electron chi connectivity index (χ3n) is 7.07. The minimum Gasteiger partial charge on any atom is -0.444 e. The SMILES string of the molecule is CC(C)(C)OC(=O)Nc1cc(C(F)(F)F)c2nc1-c1nnc(o1)C(O)(C(F)(F)F)CCCCCN(C(=O)C1CCC1)C2. The number of aromatic nitrogens is 3. The summed E-state index contributed by atoms with van der Waals surface area (Å²) in [5.41, 5.74) is -7.78. The molecule has 1 atom stereocenters. The molecule has 2 aromatic rings. The number of ether oxygens (including phenoxy) is 1. The van der Waals surface area contributed by atoms with Gasteiger partial charge in [0.2, 0.25) is 11.5 Å². The number of hydrogen-bond donors (Lipinski definition) is 2. The third-order valence-corrected chi connectivity index (χ3v) is 7.07. The number of carbonyl (C=O) groups is 2. The number of alkyl halides is 6. The van der Waals surface area contributed by atoms with Crippen molar-refractivity contribution in [2.75, 3.05) is 11.9 Å². The molecule has 4 rings (SSSR count). The van der Waals surface area contributed by atoms with E-state index in [1.54, 1.807) is 0 Å². The van der Waals surface area contributed by atoms with E-state index in [9.17, 15) is 41.0 Å². The Kier molecular flexibility index (Phi) is 8.50. The lowest BCUT2D eigenvalue weighted by Crippen LogP contribution is -2.42. The van der Waals surface area contributed by atoms with Gasteiger partial charge in [0, 0.05) is 12.5 Å². The first-order valence-electron chi connectivity index (χ1n) is 13.4. The van der Waals surface area contributed by atoms with E-state index in [2.05, 4.69) is 20.5 Å². The highest BCUT2D eigenvalue weighted by atomic mass is 19.4. The summed E-state index contributed by atoms with van der Waals surface area (Å²) < 4.78 is 95.4. The van der Waals surface area contributed by atoms with Gasteiger partial charge in [-0.2, -0.15) is 26.3 Å². The molecule has 1 aliphatic carbocycles. The molecule has 1 saturated carbocycles. The summed E-state index contributed by atoms with van der Waals surface area (Å²) in [5, 5.41) is 19.7. The Morgan fingerprint density at radius 2 is 1.76 bits per heavy atom. The van der Waals surface area contributed by atoms with Gasteiger partial charge >= 0.3 is 18.4 Å². The van der Waals surface area contributed by atoms with E-state index in [1.165, 1.54) is 25.7 Å². The quantitative estimate of drug-likeness (QED) is 0.401. The number of halogens is 6. The number of hydrogen-bond acceptors (Lipinski definition) is 8. The maximum atomic E-state index is 14.3. The Balaban J connectivity index is 1.90. The molecule has 2 aromatic heterocycles. The topological polar surface area (TPSA) is 131 Å². The fraction of sp³-hybridized carbons (Fsp3) is 0.654. The molecule has 0 radical (unpaired) electrons. The van der Waals surface area contributed by atoms with Crippen LogP contribution in [0, 0.1) is 5.92 Å². The van der Waals surface area contributed by atoms with E-state index >= 15 is 0 Å². The molecule has 1 aliphatic heterocycles. The Morgan fingerprint density at radius 3 is 2.33 bits per heavy atom. The summed E-state index contributed by atoms with van der Waals surface area (Å²) in [6.07, 6.45) is -10.2. The van der Waals surface area contributed by atoms with Crippen LogP contribution in [0.25, 0.3) is 11.6 Å². The lowest BCUT2D eigenvalue weighted by molar-refractivity contribution is -0.277. The minimum atomic E-state index is -5.24. The normalized spacial score (nSPS) is 20.9. The fourth-order valence-corrected chi connectivity index (χ4v) is 4.67. The molecule has 42 heavy (non-hydrogen) atoms. The van der Waals surface area contributed by atoms with Crippen molar-refractivity contribution in [2.24, 2.45) is 5.92 Å². The van der Waals surface area contributed by atoms with Crippen LogP contribution in [0.4, 0.5) is 36.8 Å². The minimum absolute atomic E-state index is 0.0373. The van der Waals surface area contributed by atoms with Crippen LogP contribution in [0.2, 0.25) is 0 Å². The number of nitrogens with zero attached hydrogens (tertiary/aromatic N) is 4. The van der Waals surface area contributed by atoms with Crippen molar-refractivity contribution in [2.45, 2.75) is 95.8 Å². The van der Waals surface area contributed by atoms with E-state index in [0.29, 0.717) is 18.9 Å². The van der Waals surface area contributed by atoms with Gasteiger partial charge in [0.15, 0.2) is 5.69 Å². The van der Waals surface area contributed by atoms with Gasteiger partial charge in [-0.05, 0) is 58.9 Å². The number of amides is 2. The van der Waals surface area contributed by atoms with Crippen molar-refractivity contribution < 1.29 is 50.2 Å². The molecule has 2 aliphatic rings. The molecular weight excluding hydrogens is 576 g/mol. The molecule has 0 spiro atoms. The highest BCUT2D eigenvalue weighted by Gasteiger charge is 2.58. The lowest BCUT2D eigenvalue weighted by Gasteiger charge is -2.32. The molecule has 232 valence electrons. The second kappa shape index (κ2) is 11.3. The number of fused-ring (bicyclic) bond motifs is 5. The van der Waals surface area contributed by atoms with Crippen molar-refractivity contribution in [3.8, 4) is 11.6 Å². The molecule has 16 heteroatoms. The zero-order valence-corrected chi connectivity index (χ0v) is 23.2. The first kappa shape index (κ1) is 31.5. The zero-order chi connectivity index (χ0) is 31.1. The average molecular weight is 608 g/mol. The fourth-order valence-electron chi connectivity index (χ4n) is 4.67. The van der Waals surface area contributed by atoms with Crippen molar-refractivity contribution in [1.82, 2.24) is 20.1 Å². The van der Waals surface area contributed by atoms with E-state index < -0.39 is 77.0 Å². The molecule has 0 aromatic carbocycles. The number of anilines is 1. The summed E-state index contributed by atoms with van der Waals surface area (Å²) in [4.78, 5) is 30.9. The predicted octanol–water partition coefficient (Wildman–Crippen LogP) is 5.95. The van der Waals surface area contributed by atoms with Gasteiger partial charge in [-0.25, -0.2) is 9.78 Å². The maximum absolute atomic E-state index is 14.3. The van der Waals surface area contributed by atoms with E-state index in [-0.39, 0.29) is 37.6 Å². The van der Waals surface area contributed by atoms with Crippen molar-refractivity contribution >= 4 is 17.7 Å². The Morgan fingerprint density at radius 1 is 1.07 bits per heavy atom. The Labute approximate surface area is 236 Å². The second-order valence-electron chi connectivity index (χ2n) is 11.5. The summed E-state index contributed by atoms with van der Waals surface area (Å²) in [6, 6.07) is 0.527. The third kappa shape index (κ3) is 6.79. The van der Waals surface area contributed by atoms with Gasteiger partial charge in [0.1, 0.15) is 5.60 Å². The summed E-state index contributed by atoms with van der Waals surface area (Å²) >= 11 is 0. The van der Waals surface area contributed by atoms with Crippen molar-refractivity contribution in [3.63, 3.8) is 0 Å². The van der Waals surface area contributed by atoms with Gasteiger partial charge in [0.25, 0.3) is 11.8 Å². The molecule has 3 heterocycles. The first-order valence-corrected chi connectivity index (χ1v) is 13.4. The van der Waals surface area contributed by atoms with Gasteiger partial charge in [0.05, 0.1) is 23.5 Å². The van der Waals surface area contributed by atoms with Gasteiger partial charge in [-0.3, -0.25) is 10.1 Å². The average Bonchev–Trinajstić information content (AvgIpc) is 3.29. The Bertz CT molecular complexity index is 1320. The molecule has 10 nitrogen and oxygen atoms in total. The molecule has 0 saturated heterocycles. The molecule has 2 N–H and O–H groups in total. The standard InChI is InChI=1S/C26H31F6N5O5/c1-23(2,3)42-22(39)34-16-12-15(25(27,28)29)17-13-37(20(38)14-8-7-9-14)11-6-4-5-10-24(40,26(30,31)32)21-36-35-19(41-21)18(16)33-17/h12,14,40H,4-11,13H2,1-3H3,(H,34,39). The number of aliphatic hydroxyl groups is 1. The molecule has 1 fully saturated rings. The number of carbonyl (C=O) groups excluding carboxylic acids is 2. The largest absolute Gasteiger partial charge is 0.444 e. The monoisotopic (exact) mass is 607 g/mol.